The summed E-state index contributed by atoms with van der Waals surface area (Å²) in [6.07, 6.45) is 0.140. The van der Waals surface area contributed by atoms with Crippen LogP contribution < -0.4 is 19.7 Å². The van der Waals surface area contributed by atoms with Crippen LogP contribution in [0.5, 0.6) is 11.5 Å². The Balaban J connectivity index is 1.77. The molecule has 1 aliphatic rings. The van der Waals surface area contributed by atoms with Crippen LogP contribution in [-0.2, 0) is 14.3 Å². The van der Waals surface area contributed by atoms with Crippen LogP contribution in [0.1, 0.15) is 23.7 Å². The fourth-order valence-electron chi connectivity index (χ4n) is 3.17. The van der Waals surface area contributed by atoms with Crippen LogP contribution >= 0.6 is 0 Å². The molecule has 2 amide bonds. The maximum Gasteiger partial charge on any atom is 0.338 e. The minimum absolute atomic E-state index is 0.140. The van der Waals surface area contributed by atoms with E-state index in [0.29, 0.717) is 22.9 Å². The van der Waals surface area contributed by atoms with Crippen LogP contribution in [0.2, 0.25) is 0 Å². The lowest BCUT2D eigenvalue weighted by Gasteiger charge is -2.27. The zero-order valence-electron chi connectivity index (χ0n) is 16.4. The highest BCUT2D eigenvalue weighted by Crippen LogP contribution is 2.31. The van der Waals surface area contributed by atoms with Crippen molar-refractivity contribution in [3.05, 3.63) is 48.0 Å². The van der Waals surface area contributed by atoms with Crippen LogP contribution in [0.3, 0.4) is 0 Å². The van der Waals surface area contributed by atoms with E-state index >= 15 is 0 Å². The highest BCUT2D eigenvalue weighted by molar-refractivity contribution is 6.05. The van der Waals surface area contributed by atoms with Gasteiger partial charge in [-0.1, -0.05) is 12.1 Å². The molecule has 8 heteroatoms. The van der Waals surface area contributed by atoms with E-state index in [0.717, 1.165) is 0 Å². The Morgan fingerprint density at radius 3 is 2.41 bits per heavy atom. The number of hydrogen-bond donors (Lipinski definition) is 1. The van der Waals surface area contributed by atoms with E-state index in [2.05, 4.69) is 5.32 Å². The maximum absolute atomic E-state index is 12.9. The van der Waals surface area contributed by atoms with Crippen molar-refractivity contribution < 1.29 is 28.6 Å². The second-order valence-electron chi connectivity index (χ2n) is 6.56. The molecular weight excluding hydrogens is 376 g/mol. The number of methoxy groups -OCH3 is 2. The molecule has 8 nitrogen and oxygen atoms in total. The van der Waals surface area contributed by atoms with Crippen molar-refractivity contribution >= 4 is 29.2 Å². The summed E-state index contributed by atoms with van der Waals surface area (Å²) in [5.41, 5.74) is 1.31. The van der Waals surface area contributed by atoms with Gasteiger partial charge in [0, 0.05) is 18.5 Å². The highest BCUT2D eigenvalue weighted by atomic mass is 16.5. The molecule has 0 saturated heterocycles. The Morgan fingerprint density at radius 1 is 1.10 bits per heavy atom. The molecule has 0 unspecified atom stereocenters. The molecule has 2 aromatic rings. The van der Waals surface area contributed by atoms with Crippen molar-refractivity contribution in [2.75, 3.05) is 31.0 Å². The van der Waals surface area contributed by atoms with Gasteiger partial charge in [0.1, 0.15) is 11.5 Å². The van der Waals surface area contributed by atoms with Gasteiger partial charge in [-0.05, 0) is 31.2 Å². The number of nitrogens with one attached hydrogen (secondary N) is 1. The summed E-state index contributed by atoms with van der Waals surface area (Å²) in [5, 5.41) is 2.79. The Kier molecular flexibility index (Phi) is 6.01. The van der Waals surface area contributed by atoms with E-state index in [4.69, 9.17) is 14.2 Å². The van der Waals surface area contributed by atoms with Crippen molar-refractivity contribution in [2.45, 2.75) is 19.4 Å². The quantitative estimate of drug-likeness (QED) is 0.778. The summed E-state index contributed by atoms with van der Waals surface area (Å²) >= 11 is 0. The van der Waals surface area contributed by atoms with E-state index in [-0.39, 0.29) is 23.9 Å². The standard InChI is InChI=1S/C21H22N2O6/c1-13-8-19(24)22-17-6-4-5-7-18(17)23(13)20(25)12-29-21(26)14-9-15(27-2)11-16(10-14)28-3/h4-7,9-11,13H,8,12H2,1-3H3,(H,22,24)/t13-/m0/s1. The van der Waals surface area contributed by atoms with Crippen LogP contribution in [0.15, 0.2) is 42.5 Å². The molecule has 152 valence electrons. The second kappa shape index (κ2) is 8.64. The first-order chi connectivity index (χ1) is 13.9. The summed E-state index contributed by atoms with van der Waals surface area (Å²) in [6.45, 7) is 1.31. The normalized spacial score (nSPS) is 15.6. The lowest BCUT2D eigenvalue weighted by Crippen LogP contribution is -2.41. The van der Waals surface area contributed by atoms with E-state index in [1.807, 2.05) is 0 Å². The lowest BCUT2D eigenvalue weighted by atomic mass is 10.1. The van der Waals surface area contributed by atoms with Gasteiger partial charge < -0.3 is 24.4 Å². The van der Waals surface area contributed by atoms with E-state index < -0.39 is 18.5 Å². The van der Waals surface area contributed by atoms with Crippen molar-refractivity contribution in [2.24, 2.45) is 0 Å². The molecule has 0 fully saturated rings. The summed E-state index contributed by atoms with van der Waals surface area (Å²) in [4.78, 5) is 38.8. The zero-order chi connectivity index (χ0) is 21.0. The summed E-state index contributed by atoms with van der Waals surface area (Å²) in [7, 11) is 2.95. The number of anilines is 2. The minimum Gasteiger partial charge on any atom is -0.497 e. The average molecular weight is 398 g/mol. The first kappa shape index (κ1) is 20.2. The van der Waals surface area contributed by atoms with Gasteiger partial charge in [0.2, 0.25) is 5.91 Å². The van der Waals surface area contributed by atoms with Crippen molar-refractivity contribution in [1.82, 2.24) is 0 Å². The van der Waals surface area contributed by atoms with Gasteiger partial charge in [0.15, 0.2) is 6.61 Å². The average Bonchev–Trinajstić information content (AvgIpc) is 2.85. The monoisotopic (exact) mass is 398 g/mol. The summed E-state index contributed by atoms with van der Waals surface area (Å²) in [6, 6.07) is 11.3. The summed E-state index contributed by atoms with van der Waals surface area (Å²) < 4.78 is 15.5. The van der Waals surface area contributed by atoms with Gasteiger partial charge in [0.05, 0.1) is 31.2 Å². The minimum atomic E-state index is -0.680. The Bertz CT molecular complexity index is 920. The van der Waals surface area contributed by atoms with Crippen LogP contribution in [0.25, 0.3) is 0 Å². The molecule has 29 heavy (non-hydrogen) atoms. The summed E-state index contributed by atoms with van der Waals surface area (Å²) in [5.74, 6) is -0.421. The fourth-order valence-corrected chi connectivity index (χ4v) is 3.17. The molecule has 1 N–H and O–H groups in total. The molecule has 1 heterocycles. The van der Waals surface area contributed by atoms with Gasteiger partial charge >= 0.3 is 5.97 Å². The van der Waals surface area contributed by atoms with Crippen LogP contribution in [0.4, 0.5) is 11.4 Å². The molecule has 1 aliphatic heterocycles. The predicted molar refractivity (Wildman–Crippen MR) is 106 cm³/mol. The van der Waals surface area contributed by atoms with E-state index in [1.54, 1.807) is 37.3 Å². The molecule has 0 radical (unpaired) electrons. The van der Waals surface area contributed by atoms with Gasteiger partial charge in [-0.15, -0.1) is 0 Å². The number of fused-ring (bicyclic) bond motifs is 1. The van der Waals surface area contributed by atoms with E-state index in [1.165, 1.54) is 31.3 Å². The number of benzene rings is 2. The third-order valence-electron chi connectivity index (χ3n) is 4.54. The molecule has 0 aromatic heterocycles. The molecule has 0 spiro atoms. The van der Waals surface area contributed by atoms with Crippen molar-refractivity contribution in [3.63, 3.8) is 0 Å². The van der Waals surface area contributed by atoms with Crippen LogP contribution in [-0.4, -0.2) is 44.7 Å². The van der Waals surface area contributed by atoms with Crippen LogP contribution in [0, 0.1) is 0 Å². The van der Waals surface area contributed by atoms with Gasteiger partial charge in [-0.25, -0.2) is 4.79 Å². The number of rotatable bonds is 5. The fraction of sp³-hybridized carbons (Fsp3) is 0.286. The Labute approximate surface area is 168 Å². The highest BCUT2D eigenvalue weighted by Gasteiger charge is 2.30. The lowest BCUT2D eigenvalue weighted by molar-refractivity contribution is -0.122. The first-order valence-corrected chi connectivity index (χ1v) is 9.04. The topological polar surface area (TPSA) is 94.2 Å². The number of esters is 1. The number of ether oxygens (including phenoxy) is 3. The third kappa shape index (κ3) is 4.48. The zero-order valence-corrected chi connectivity index (χ0v) is 16.4. The third-order valence-corrected chi connectivity index (χ3v) is 4.54. The predicted octanol–water partition coefficient (Wildman–Crippen LogP) is 2.62. The molecule has 2 aromatic carbocycles. The molecule has 0 aliphatic carbocycles. The van der Waals surface area contributed by atoms with Gasteiger partial charge in [-0.3, -0.25) is 9.59 Å². The molecule has 3 rings (SSSR count). The number of amides is 2. The van der Waals surface area contributed by atoms with Crippen molar-refractivity contribution in [1.29, 1.82) is 0 Å². The van der Waals surface area contributed by atoms with E-state index in [9.17, 15) is 14.4 Å². The second-order valence-corrected chi connectivity index (χ2v) is 6.56. The van der Waals surface area contributed by atoms with Crippen molar-refractivity contribution in [3.8, 4) is 11.5 Å². The van der Waals surface area contributed by atoms with Gasteiger partial charge in [0.25, 0.3) is 5.91 Å². The Morgan fingerprint density at radius 2 is 1.76 bits per heavy atom. The molecule has 0 bridgehead atoms. The molecule has 0 saturated carbocycles. The Hall–Kier alpha value is -3.55. The largest absolute Gasteiger partial charge is 0.497 e. The maximum atomic E-state index is 12.9. The number of nitrogens with zero attached hydrogens (tertiary/aromatic N) is 1. The van der Waals surface area contributed by atoms with Gasteiger partial charge in [-0.2, -0.15) is 0 Å². The smallest absolute Gasteiger partial charge is 0.338 e. The molecular formula is C21H22N2O6. The molecule has 1 atom stereocenters. The number of para-hydroxylation sites is 2. The number of carbonyl (C=O) groups is 3. The number of hydrogen-bond acceptors (Lipinski definition) is 6. The number of carbonyl (C=O) groups excluding carboxylic acids is 3. The first-order valence-electron chi connectivity index (χ1n) is 9.04. The SMILES string of the molecule is COc1cc(OC)cc(C(=O)OCC(=O)N2c3ccccc3NC(=O)C[C@@H]2C)c1.